The number of rotatable bonds is 9. The first-order valence-corrected chi connectivity index (χ1v) is 11.3. The number of carbonyl (C=O) groups is 2. The van der Waals surface area contributed by atoms with Crippen molar-refractivity contribution in [3.8, 4) is 22.6 Å². The fraction of sp³-hybridized carbons (Fsp3) is 0.214. The number of aldehydes is 1. The Morgan fingerprint density at radius 2 is 1.74 bits per heavy atom. The van der Waals surface area contributed by atoms with Gasteiger partial charge in [-0.05, 0) is 47.7 Å². The molecule has 0 heterocycles. The van der Waals surface area contributed by atoms with Gasteiger partial charge in [-0.15, -0.1) is 0 Å². The van der Waals surface area contributed by atoms with Crippen molar-refractivity contribution in [2.24, 2.45) is 0 Å². The molecule has 3 aromatic carbocycles. The van der Waals surface area contributed by atoms with E-state index in [0.29, 0.717) is 37.0 Å². The molecule has 0 aliphatic heterocycles. The molecule has 3 aromatic rings. The Kier molecular flexibility index (Phi) is 7.28. The lowest BCUT2D eigenvalue weighted by Crippen LogP contribution is -2.26. The monoisotopic (exact) mass is 457 g/mol. The summed E-state index contributed by atoms with van der Waals surface area (Å²) in [5, 5.41) is 13.1. The quantitative estimate of drug-likeness (QED) is 0.325. The van der Waals surface area contributed by atoms with Crippen LogP contribution in [-0.2, 0) is 4.74 Å². The van der Waals surface area contributed by atoms with Gasteiger partial charge < -0.3 is 19.9 Å². The van der Waals surface area contributed by atoms with Crippen LogP contribution in [0.2, 0.25) is 0 Å². The third-order valence-corrected chi connectivity index (χ3v) is 5.78. The van der Waals surface area contributed by atoms with Crippen LogP contribution < -0.4 is 10.1 Å². The van der Waals surface area contributed by atoms with Gasteiger partial charge >= 0.3 is 6.09 Å². The average molecular weight is 458 g/mol. The first-order chi connectivity index (χ1) is 16.6. The first-order valence-electron chi connectivity index (χ1n) is 11.3. The summed E-state index contributed by atoms with van der Waals surface area (Å²) in [4.78, 5) is 23.4. The second kappa shape index (κ2) is 10.7. The number of fused-ring (bicyclic) bond motifs is 3. The largest absolute Gasteiger partial charge is 0.504 e. The standard InChI is InChI=1S/C28H27NO5/c1-2-33-26-16-19(17-30)15-20(27(26)31)9-7-8-14-29-28(32)34-18-25-23-12-5-3-10-21(23)22-11-4-6-13-24(22)25/h3-7,9-13,15-17,25,31H,2,8,14,18H2,1H3,(H,29,32). The highest BCUT2D eigenvalue weighted by atomic mass is 16.5. The Balaban J connectivity index is 1.29. The molecule has 0 fully saturated rings. The van der Waals surface area contributed by atoms with Crippen LogP contribution in [0.4, 0.5) is 4.79 Å². The number of alkyl carbamates (subject to hydrolysis) is 1. The lowest BCUT2D eigenvalue weighted by atomic mass is 9.98. The number of ether oxygens (including phenoxy) is 2. The number of nitrogens with one attached hydrogen (secondary N) is 1. The fourth-order valence-corrected chi connectivity index (χ4v) is 4.23. The number of phenolic OH excluding ortho intramolecular Hbond substituents is 1. The van der Waals surface area contributed by atoms with E-state index >= 15 is 0 Å². The van der Waals surface area contributed by atoms with Gasteiger partial charge in [0.15, 0.2) is 11.5 Å². The summed E-state index contributed by atoms with van der Waals surface area (Å²) in [6.07, 6.45) is 4.27. The molecule has 0 saturated heterocycles. The molecule has 1 aliphatic carbocycles. The fourth-order valence-electron chi connectivity index (χ4n) is 4.23. The van der Waals surface area contributed by atoms with Crippen LogP contribution in [-0.4, -0.2) is 37.2 Å². The van der Waals surface area contributed by atoms with Crippen molar-refractivity contribution in [3.63, 3.8) is 0 Å². The van der Waals surface area contributed by atoms with Crippen molar-refractivity contribution in [1.29, 1.82) is 0 Å². The SMILES string of the molecule is CCOc1cc(C=O)cc(C=CCCNC(=O)OCC2c3ccccc3-c3ccccc32)c1O. The summed E-state index contributed by atoms with van der Waals surface area (Å²) in [5.74, 6) is 0.266. The van der Waals surface area contributed by atoms with Gasteiger partial charge in [0.05, 0.1) is 6.61 Å². The molecule has 1 aliphatic rings. The molecule has 0 unspecified atom stereocenters. The van der Waals surface area contributed by atoms with E-state index in [0.717, 1.165) is 0 Å². The molecule has 34 heavy (non-hydrogen) atoms. The summed E-state index contributed by atoms with van der Waals surface area (Å²) in [6, 6.07) is 19.5. The van der Waals surface area contributed by atoms with Crippen LogP contribution in [0.3, 0.4) is 0 Å². The Hall–Kier alpha value is -4.06. The normalized spacial score (nSPS) is 12.3. The van der Waals surface area contributed by atoms with Crippen LogP contribution >= 0.6 is 0 Å². The Bertz CT molecular complexity index is 1170. The molecular weight excluding hydrogens is 430 g/mol. The van der Waals surface area contributed by atoms with Crippen LogP contribution in [0.25, 0.3) is 17.2 Å². The molecule has 0 saturated carbocycles. The molecule has 0 aromatic heterocycles. The van der Waals surface area contributed by atoms with Crippen molar-refractivity contribution in [3.05, 3.63) is 89.0 Å². The zero-order valence-electron chi connectivity index (χ0n) is 19.0. The van der Waals surface area contributed by atoms with Crippen molar-refractivity contribution in [1.82, 2.24) is 5.32 Å². The van der Waals surface area contributed by atoms with E-state index in [4.69, 9.17) is 9.47 Å². The molecule has 0 atom stereocenters. The number of carbonyl (C=O) groups excluding carboxylic acids is 2. The van der Waals surface area contributed by atoms with Crippen molar-refractivity contribution in [2.45, 2.75) is 19.3 Å². The number of benzene rings is 3. The second-order valence-electron chi connectivity index (χ2n) is 7.95. The van der Waals surface area contributed by atoms with Crippen LogP contribution in [0, 0.1) is 0 Å². The van der Waals surface area contributed by atoms with Crippen LogP contribution in [0.15, 0.2) is 66.7 Å². The molecule has 0 spiro atoms. The van der Waals surface area contributed by atoms with Crippen molar-refractivity contribution < 1.29 is 24.2 Å². The van der Waals surface area contributed by atoms with Gasteiger partial charge in [-0.2, -0.15) is 0 Å². The topological polar surface area (TPSA) is 84.9 Å². The van der Waals surface area contributed by atoms with Crippen LogP contribution in [0.5, 0.6) is 11.5 Å². The molecule has 0 bridgehead atoms. The van der Waals surface area contributed by atoms with Gasteiger partial charge in [-0.25, -0.2) is 4.79 Å². The zero-order chi connectivity index (χ0) is 23.9. The average Bonchev–Trinajstić information content (AvgIpc) is 3.18. The molecule has 6 nitrogen and oxygen atoms in total. The summed E-state index contributed by atoms with van der Waals surface area (Å²) < 4.78 is 10.9. The molecule has 2 N–H and O–H groups in total. The maximum Gasteiger partial charge on any atom is 0.407 e. The van der Waals surface area contributed by atoms with Crippen LogP contribution in [0.1, 0.15) is 46.3 Å². The van der Waals surface area contributed by atoms with E-state index < -0.39 is 6.09 Å². The summed E-state index contributed by atoms with van der Waals surface area (Å²) in [7, 11) is 0. The number of aromatic hydroxyl groups is 1. The molecule has 6 heteroatoms. The number of amides is 1. The highest BCUT2D eigenvalue weighted by Crippen LogP contribution is 2.44. The summed E-state index contributed by atoms with van der Waals surface area (Å²) in [5.41, 5.74) is 5.61. The van der Waals surface area contributed by atoms with Gasteiger partial charge in [0.1, 0.15) is 12.9 Å². The summed E-state index contributed by atoms with van der Waals surface area (Å²) in [6.45, 7) is 2.82. The number of hydrogen-bond donors (Lipinski definition) is 2. The molecule has 174 valence electrons. The third-order valence-electron chi connectivity index (χ3n) is 5.78. The second-order valence-corrected chi connectivity index (χ2v) is 7.95. The first kappa shape index (κ1) is 23.1. The van der Waals surface area contributed by atoms with Crippen molar-refractivity contribution in [2.75, 3.05) is 19.8 Å². The van der Waals surface area contributed by atoms with Gasteiger partial charge in [-0.3, -0.25) is 4.79 Å². The molecule has 4 rings (SSSR count). The highest BCUT2D eigenvalue weighted by molar-refractivity contribution is 5.80. The van der Waals surface area contributed by atoms with Gasteiger partial charge in [0.25, 0.3) is 0 Å². The summed E-state index contributed by atoms with van der Waals surface area (Å²) >= 11 is 0. The smallest absolute Gasteiger partial charge is 0.407 e. The maximum atomic E-state index is 12.3. The van der Waals surface area contributed by atoms with Gasteiger partial charge in [-0.1, -0.05) is 60.7 Å². The van der Waals surface area contributed by atoms with E-state index in [1.807, 2.05) is 30.3 Å². The zero-order valence-corrected chi connectivity index (χ0v) is 19.0. The van der Waals surface area contributed by atoms with E-state index in [1.54, 1.807) is 19.1 Å². The predicted molar refractivity (Wildman–Crippen MR) is 131 cm³/mol. The van der Waals surface area contributed by atoms with E-state index in [9.17, 15) is 14.7 Å². The minimum Gasteiger partial charge on any atom is -0.504 e. The lowest BCUT2D eigenvalue weighted by Gasteiger charge is -2.14. The maximum absolute atomic E-state index is 12.3. The molecule has 0 radical (unpaired) electrons. The molecular formula is C28H27NO5. The van der Waals surface area contributed by atoms with E-state index in [1.165, 1.54) is 28.3 Å². The third kappa shape index (κ3) is 4.96. The predicted octanol–water partition coefficient (Wildman–Crippen LogP) is 5.55. The highest BCUT2D eigenvalue weighted by Gasteiger charge is 2.28. The van der Waals surface area contributed by atoms with E-state index in [2.05, 4.69) is 29.6 Å². The number of phenols is 1. The Labute approximate surface area is 198 Å². The minimum absolute atomic E-state index is 0.0191. The molecule has 1 amide bonds. The Morgan fingerprint density at radius 3 is 2.38 bits per heavy atom. The Morgan fingerprint density at radius 1 is 1.06 bits per heavy atom. The van der Waals surface area contributed by atoms with Gasteiger partial charge in [0.2, 0.25) is 0 Å². The van der Waals surface area contributed by atoms with E-state index in [-0.39, 0.29) is 24.0 Å². The lowest BCUT2D eigenvalue weighted by molar-refractivity contribution is 0.112. The van der Waals surface area contributed by atoms with Gasteiger partial charge in [0, 0.05) is 23.6 Å². The van der Waals surface area contributed by atoms with Crippen molar-refractivity contribution >= 4 is 18.5 Å². The minimum atomic E-state index is -0.473. The number of hydrogen-bond acceptors (Lipinski definition) is 5.